The molecule has 1 rings (SSSR count). The van der Waals surface area contributed by atoms with E-state index in [1.54, 1.807) is 11.8 Å². The summed E-state index contributed by atoms with van der Waals surface area (Å²) in [5, 5.41) is 9.73. The molecule has 5 nitrogen and oxygen atoms in total. The summed E-state index contributed by atoms with van der Waals surface area (Å²) in [6, 6.07) is 5.54. The molecule has 0 unspecified atom stereocenters. The van der Waals surface area contributed by atoms with Crippen molar-refractivity contribution >= 4 is 29.2 Å². The maximum atomic E-state index is 12.0. The molecule has 6 heteroatoms. The Bertz CT molecular complexity index is 543. The second kappa shape index (κ2) is 10.0. The Labute approximate surface area is 143 Å². The summed E-state index contributed by atoms with van der Waals surface area (Å²) in [5.74, 6) is 0.723. The van der Waals surface area contributed by atoms with Gasteiger partial charge in [-0.1, -0.05) is 25.6 Å². The minimum atomic E-state index is -0.187. The van der Waals surface area contributed by atoms with E-state index in [-0.39, 0.29) is 12.1 Å². The van der Waals surface area contributed by atoms with Gasteiger partial charge in [0.2, 0.25) is 0 Å². The lowest BCUT2D eigenvalue weighted by Crippen LogP contribution is -2.37. The first-order valence-corrected chi connectivity index (χ1v) is 9.07. The highest BCUT2D eigenvalue weighted by atomic mass is 32.2. The molecule has 0 radical (unpaired) electrons. The first-order chi connectivity index (χ1) is 11.1. The van der Waals surface area contributed by atoms with E-state index in [2.05, 4.69) is 29.8 Å². The number of nitrogens with one attached hydrogen (secondary N) is 3. The molecule has 0 aromatic heterocycles. The van der Waals surface area contributed by atoms with Crippen molar-refractivity contribution in [3.05, 3.63) is 29.4 Å². The van der Waals surface area contributed by atoms with Crippen molar-refractivity contribution in [2.45, 2.75) is 39.7 Å². The molecule has 0 aliphatic rings. The van der Waals surface area contributed by atoms with E-state index < -0.39 is 0 Å². The average Bonchev–Trinajstić information content (AvgIpc) is 2.58. The molecule has 0 spiro atoms. The van der Waals surface area contributed by atoms with Gasteiger partial charge in [0.25, 0.3) is 0 Å². The van der Waals surface area contributed by atoms with E-state index in [0.717, 1.165) is 35.1 Å². The number of ether oxygens (including phenoxy) is 1. The quantitative estimate of drug-likeness (QED) is 0.605. The molecule has 1 aromatic rings. The van der Waals surface area contributed by atoms with Gasteiger partial charge in [-0.2, -0.15) is 0 Å². The first kappa shape index (κ1) is 19.2. The van der Waals surface area contributed by atoms with Crippen LogP contribution < -0.4 is 20.7 Å². The second-order valence-electron chi connectivity index (χ2n) is 4.99. The van der Waals surface area contributed by atoms with Crippen LogP contribution in [0.3, 0.4) is 0 Å². The zero-order chi connectivity index (χ0) is 17.2. The van der Waals surface area contributed by atoms with Crippen LogP contribution in [-0.4, -0.2) is 25.4 Å². The molecule has 0 bridgehead atoms. The van der Waals surface area contributed by atoms with E-state index in [4.69, 9.17) is 4.74 Å². The number of anilines is 2. The summed E-state index contributed by atoms with van der Waals surface area (Å²) in [4.78, 5) is 12.0. The van der Waals surface area contributed by atoms with E-state index in [1.807, 2.05) is 44.5 Å². The molecule has 0 saturated carbocycles. The fraction of sp³-hybridized carbons (Fsp3) is 0.471. The van der Waals surface area contributed by atoms with Crippen molar-refractivity contribution in [1.29, 1.82) is 0 Å². The lowest BCUT2D eigenvalue weighted by molar-refractivity contribution is 0.247. The van der Waals surface area contributed by atoms with Gasteiger partial charge >= 0.3 is 6.03 Å². The summed E-state index contributed by atoms with van der Waals surface area (Å²) < 4.78 is 5.83. The van der Waals surface area contributed by atoms with Gasteiger partial charge in [-0.05, 0) is 50.3 Å². The molecule has 0 atom stereocenters. The molecule has 2 amide bonds. The third-order valence-corrected chi connectivity index (χ3v) is 4.20. The Morgan fingerprint density at radius 1 is 1.35 bits per heavy atom. The van der Waals surface area contributed by atoms with Crippen LogP contribution in [0.15, 0.2) is 29.4 Å². The molecular formula is C17H27N3O2S. The summed E-state index contributed by atoms with van der Waals surface area (Å²) >= 11 is 1.54. The van der Waals surface area contributed by atoms with Crippen molar-refractivity contribution in [2.24, 2.45) is 0 Å². The number of hydrogen-bond donors (Lipinski definition) is 3. The summed E-state index contributed by atoms with van der Waals surface area (Å²) in [7, 11) is 1.82. The van der Waals surface area contributed by atoms with Crippen molar-refractivity contribution in [3.63, 3.8) is 0 Å². The molecule has 128 valence electrons. The molecule has 1 aromatic carbocycles. The zero-order valence-electron chi connectivity index (χ0n) is 14.5. The van der Waals surface area contributed by atoms with Crippen LogP contribution in [0.25, 0.3) is 0 Å². The van der Waals surface area contributed by atoms with E-state index >= 15 is 0 Å². The van der Waals surface area contributed by atoms with Gasteiger partial charge in [-0.25, -0.2) is 4.79 Å². The van der Waals surface area contributed by atoms with E-state index in [9.17, 15) is 4.79 Å². The van der Waals surface area contributed by atoms with E-state index in [0.29, 0.717) is 0 Å². The van der Waals surface area contributed by atoms with Gasteiger partial charge in [0.1, 0.15) is 0 Å². The highest BCUT2D eigenvalue weighted by Gasteiger charge is 2.10. The number of urea groups is 1. The number of thioether (sulfide) groups is 1. The maximum Gasteiger partial charge on any atom is 0.319 e. The molecule has 3 N–H and O–H groups in total. The first-order valence-electron chi connectivity index (χ1n) is 7.85. The van der Waals surface area contributed by atoms with Crippen LogP contribution >= 0.6 is 11.8 Å². The third kappa shape index (κ3) is 6.06. The van der Waals surface area contributed by atoms with Crippen molar-refractivity contribution in [3.8, 4) is 5.75 Å². The van der Waals surface area contributed by atoms with Crippen LogP contribution in [0.1, 0.15) is 33.6 Å². The van der Waals surface area contributed by atoms with E-state index in [1.165, 1.54) is 0 Å². The van der Waals surface area contributed by atoms with Gasteiger partial charge in [-0.3, -0.25) is 0 Å². The molecule has 23 heavy (non-hydrogen) atoms. The normalized spacial score (nSPS) is 11.3. The number of amides is 2. The average molecular weight is 337 g/mol. The van der Waals surface area contributed by atoms with Crippen LogP contribution in [0.2, 0.25) is 0 Å². The standard InChI is InChI=1S/C17H27N3O2S/c1-6-12(7-2)19-17(21)20-13-9-10-15(14(11-13)18-4)22-16(8-3)23-5/h8-12,18H,6-7H2,1-5H3,(H2,19,20,21)/b16-8-. The minimum Gasteiger partial charge on any atom is -0.449 e. The fourth-order valence-corrected chi connectivity index (χ4v) is 2.47. The number of carbonyl (C=O) groups excluding carboxylic acids is 1. The molecule has 0 fully saturated rings. The summed E-state index contributed by atoms with van der Waals surface area (Å²) in [6.07, 6.45) is 5.71. The monoisotopic (exact) mass is 337 g/mol. The van der Waals surface area contributed by atoms with Crippen LogP contribution in [0.4, 0.5) is 16.2 Å². The lowest BCUT2D eigenvalue weighted by Gasteiger charge is -2.17. The number of benzene rings is 1. The lowest BCUT2D eigenvalue weighted by atomic mass is 10.2. The summed E-state index contributed by atoms with van der Waals surface area (Å²) in [5.41, 5.74) is 1.54. The highest BCUT2D eigenvalue weighted by molar-refractivity contribution is 8.02. The third-order valence-electron chi connectivity index (χ3n) is 3.48. The highest BCUT2D eigenvalue weighted by Crippen LogP contribution is 2.31. The predicted octanol–water partition coefficient (Wildman–Crippen LogP) is 4.64. The number of hydrogen-bond acceptors (Lipinski definition) is 4. The number of rotatable bonds is 8. The van der Waals surface area contributed by atoms with Gasteiger partial charge in [-0.15, -0.1) is 0 Å². The van der Waals surface area contributed by atoms with Crippen molar-refractivity contribution < 1.29 is 9.53 Å². The predicted molar refractivity (Wildman–Crippen MR) is 100 cm³/mol. The Hall–Kier alpha value is -1.82. The van der Waals surface area contributed by atoms with Gasteiger partial charge < -0.3 is 20.7 Å². The molecule has 0 saturated heterocycles. The fourth-order valence-electron chi connectivity index (χ4n) is 2.06. The molecule has 0 heterocycles. The second-order valence-corrected chi connectivity index (χ2v) is 5.80. The van der Waals surface area contributed by atoms with Crippen LogP contribution in [0.5, 0.6) is 5.75 Å². The zero-order valence-corrected chi connectivity index (χ0v) is 15.3. The molecule has 0 aliphatic carbocycles. The van der Waals surface area contributed by atoms with Gasteiger partial charge in [0.15, 0.2) is 10.8 Å². The maximum absolute atomic E-state index is 12.0. The Morgan fingerprint density at radius 2 is 2.04 bits per heavy atom. The van der Waals surface area contributed by atoms with Crippen molar-refractivity contribution in [1.82, 2.24) is 5.32 Å². The molecule has 0 aliphatic heterocycles. The Kier molecular flexibility index (Phi) is 8.40. The smallest absolute Gasteiger partial charge is 0.319 e. The number of allylic oxidation sites excluding steroid dienone is 1. The summed E-state index contributed by atoms with van der Waals surface area (Å²) in [6.45, 7) is 6.05. The number of carbonyl (C=O) groups is 1. The minimum absolute atomic E-state index is 0.187. The van der Waals surface area contributed by atoms with Gasteiger partial charge in [0.05, 0.1) is 5.69 Å². The SMILES string of the molecule is C/C=C(/Oc1ccc(NC(=O)NC(CC)CC)cc1NC)SC. The Morgan fingerprint density at radius 3 is 2.57 bits per heavy atom. The largest absolute Gasteiger partial charge is 0.449 e. The van der Waals surface area contributed by atoms with Crippen LogP contribution in [0, 0.1) is 0 Å². The van der Waals surface area contributed by atoms with Crippen LogP contribution in [-0.2, 0) is 0 Å². The van der Waals surface area contributed by atoms with Crippen molar-refractivity contribution in [2.75, 3.05) is 23.9 Å². The van der Waals surface area contributed by atoms with Gasteiger partial charge in [0, 0.05) is 18.8 Å². The topological polar surface area (TPSA) is 62.4 Å². The Balaban J connectivity index is 2.81. The molecular weight excluding hydrogens is 310 g/mol.